The first-order valence-corrected chi connectivity index (χ1v) is 6.41. The van der Waals surface area contributed by atoms with Gasteiger partial charge in [-0.2, -0.15) is 0 Å². The van der Waals surface area contributed by atoms with Gasteiger partial charge in [-0.3, -0.25) is 14.9 Å². The van der Waals surface area contributed by atoms with Gasteiger partial charge in [-0.05, 0) is 25.5 Å². The molecule has 19 heavy (non-hydrogen) atoms. The minimum absolute atomic E-state index is 0.0385. The van der Waals surface area contributed by atoms with Crippen LogP contribution in [-0.2, 0) is 0 Å². The molecule has 0 unspecified atom stereocenters. The van der Waals surface area contributed by atoms with Crippen LogP contribution in [0, 0.1) is 10.1 Å². The fraction of sp³-hybridized carbons (Fsp3) is 0.417. The van der Waals surface area contributed by atoms with Gasteiger partial charge in [-0.1, -0.05) is 11.6 Å². The van der Waals surface area contributed by atoms with Gasteiger partial charge in [-0.15, -0.1) is 0 Å². The highest BCUT2D eigenvalue weighted by Gasteiger charge is 2.20. The molecule has 102 valence electrons. The van der Waals surface area contributed by atoms with Crippen LogP contribution in [-0.4, -0.2) is 30.0 Å². The number of hydrogen-bond donors (Lipinski definition) is 2. The van der Waals surface area contributed by atoms with Crippen LogP contribution in [0.1, 0.15) is 23.2 Å². The van der Waals surface area contributed by atoms with Gasteiger partial charge < -0.3 is 10.6 Å². The fourth-order valence-corrected chi connectivity index (χ4v) is 2.24. The molecule has 0 saturated carbocycles. The van der Waals surface area contributed by atoms with E-state index in [1.807, 2.05) is 0 Å². The molecular formula is C12H14ClN3O3. The highest BCUT2D eigenvalue weighted by molar-refractivity contribution is 6.33. The summed E-state index contributed by atoms with van der Waals surface area (Å²) >= 11 is 5.91. The zero-order valence-corrected chi connectivity index (χ0v) is 10.9. The maximum atomic E-state index is 12.1. The number of amides is 1. The van der Waals surface area contributed by atoms with Gasteiger partial charge in [0.25, 0.3) is 11.6 Å². The standard InChI is InChI=1S/C12H14ClN3O3/c13-11-4-3-9(16(18)19)6-10(11)12(17)15-8-2-1-5-14-7-8/h3-4,6,8,14H,1-2,5,7H2,(H,15,17)/t8-/m1/s1. The van der Waals surface area contributed by atoms with E-state index in [1.165, 1.54) is 18.2 Å². The Balaban J connectivity index is 2.13. The number of nitro groups is 1. The van der Waals surface area contributed by atoms with Gasteiger partial charge in [0.2, 0.25) is 0 Å². The Kier molecular flexibility index (Phi) is 4.34. The topological polar surface area (TPSA) is 84.3 Å². The highest BCUT2D eigenvalue weighted by Crippen LogP contribution is 2.22. The number of hydrogen-bond acceptors (Lipinski definition) is 4. The molecule has 0 aliphatic carbocycles. The summed E-state index contributed by atoms with van der Waals surface area (Å²) in [6.45, 7) is 1.65. The number of carbonyl (C=O) groups is 1. The molecule has 1 fully saturated rings. The lowest BCUT2D eigenvalue weighted by molar-refractivity contribution is -0.384. The monoisotopic (exact) mass is 283 g/mol. The van der Waals surface area contributed by atoms with E-state index in [4.69, 9.17) is 11.6 Å². The van der Waals surface area contributed by atoms with E-state index >= 15 is 0 Å². The predicted molar refractivity (Wildman–Crippen MR) is 71.5 cm³/mol. The molecule has 1 saturated heterocycles. The van der Waals surface area contributed by atoms with E-state index in [1.54, 1.807) is 0 Å². The number of halogens is 1. The molecule has 2 N–H and O–H groups in total. The molecule has 1 aromatic carbocycles. The summed E-state index contributed by atoms with van der Waals surface area (Å²) in [5, 5.41) is 16.9. The molecule has 0 radical (unpaired) electrons. The number of rotatable bonds is 3. The second kappa shape index (κ2) is 5.99. The van der Waals surface area contributed by atoms with Crippen molar-refractivity contribution in [3.05, 3.63) is 38.9 Å². The lowest BCUT2D eigenvalue weighted by atomic mass is 10.1. The van der Waals surface area contributed by atoms with E-state index in [9.17, 15) is 14.9 Å². The Labute approximate surface area is 115 Å². The zero-order valence-electron chi connectivity index (χ0n) is 10.2. The lowest BCUT2D eigenvalue weighted by Gasteiger charge is -2.23. The minimum atomic E-state index is -0.546. The summed E-state index contributed by atoms with van der Waals surface area (Å²) < 4.78 is 0. The molecule has 6 nitrogen and oxygen atoms in total. The SMILES string of the molecule is O=C(N[C@@H]1CCCNC1)c1cc([N+](=O)[O-])ccc1Cl. The summed E-state index contributed by atoms with van der Waals surface area (Å²) in [6.07, 6.45) is 1.89. The van der Waals surface area contributed by atoms with Crippen molar-refractivity contribution in [3.8, 4) is 0 Å². The summed E-state index contributed by atoms with van der Waals surface area (Å²) in [6, 6.07) is 3.89. The largest absolute Gasteiger partial charge is 0.348 e. The smallest absolute Gasteiger partial charge is 0.270 e. The zero-order chi connectivity index (χ0) is 13.8. The first-order chi connectivity index (χ1) is 9.08. The van der Waals surface area contributed by atoms with Crippen LogP contribution < -0.4 is 10.6 Å². The number of nitro benzene ring substituents is 1. The van der Waals surface area contributed by atoms with Crippen molar-refractivity contribution in [1.29, 1.82) is 0 Å². The van der Waals surface area contributed by atoms with Crippen molar-refractivity contribution < 1.29 is 9.72 Å². The van der Waals surface area contributed by atoms with E-state index in [0.29, 0.717) is 6.54 Å². The Hall–Kier alpha value is -1.66. The van der Waals surface area contributed by atoms with Gasteiger partial charge in [0.05, 0.1) is 15.5 Å². The molecule has 1 aliphatic heterocycles. The molecule has 7 heteroatoms. The van der Waals surface area contributed by atoms with Gasteiger partial charge >= 0.3 is 0 Å². The second-order valence-corrected chi connectivity index (χ2v) is 4.85. The van der Waals surface area contributed by atoms with Crippen LogP contribution >= 0.6 is 11.6 Å². The van der Waals surface area contributed by atoms with Gasteiger partial charge in [-0.25, -0.2) is 0 Å². The van der Waals surface area contributed by atoms with Gasteiger partial charge in [0.15, 0.2) is 0 Å². The Morgan fingerprint density at radius 3 is 2.95 bits per heavy atom. The summed E-state index contributed by atoms with van der Waals surface area (Å²) in [7, 11) is 0. The third-order valence-corrected chi connectivity index (χ3v) is 3.37. The molecule has 0 aromatic heterocycles. The number of nitrogens with one attached hydrogen (secondary N) is 2. The summed E-state index contributed by atoms with van der Waals surface area (Å²) in [5.74, 6) is -0.373. The van der Waals surface area contributed by atoms with Crippen LogP contribution in [0.3, 0.4) is 0 Å². The maximum Gasteiger partial charge on any atom is 0.270 e. The second-order valence-electron chi connectivity index (χ2n) is 4.44. The Morgan fingerprint density at radius 2 is 2.32 bits per heavy atom. The third kappa shape index (κ3) is 3.42. The molecular weight excluding hydrogens is 270 g/mol. The van der Waals surface area contributed by atoms with Crippen molar-refractivity contribution in [2.75, 3.05) is 13.1 Å². The van der Waals surface area contributed by atoms with Crippen molar-refractivity contribution in [1.82, 2.24) is 10.6 Å². The summed E-state index contributed by atoms with van der Waals surface area (Å²) in [4.78, 5) is 22.2. The fourth-order valence-electron chi connectivity index (χ4n) is 2.04. The lowest BCUT2D eigenvalue weighted by Crippen LogP contribution is -2.45. The van der Waals surface area contributed by atoms with E-state index in [0.717, 1.165) is 19.4 Å². The van der Waals surface area contributed by atoms with Crippen LogP contribution in [0.5, 0.6) is 0 Å². The number of nitrogens with zero attached hydrogens (tertiary/aromatic N) is 1. The average molecular weight is 284 g/mol. The molecule has 1 atom stereocenters. The van der Waals surface area contributed by atoms with Crippen LogP contribution in [0.4, 0.5) is 5.69 Å². The van der Waals surface area contributed by atoms with E-state index in [2.05, 4.69) is 10.6 Å². The maximum absolute atomic E-state index is 12.1. The predicted octanol–water partition coefficient (Wildman–Crippen LogP) is 1.73. The molecule has 0 bridgehead atoms. The number of non-ortho nitro benzene ring substituents is 1. The Bertz CT molecular complexity index is 501. The Morgan fingerprint density at radius 1 is 1.53 bits per heavy atom. The van der Waals surface area contributed by atoms with Gasteiger partial charge in [0.1, 0.15) is 0 Å². The number of piperidine rings is 1. The van der Waals surface area contributed by atoms with Crippen molar-refractivity contribution in [2.24, 2.45) is 0 Å². The van der Waals surface area contributed by atoms with E-state index in [-0.39, 0.29) is 28.2 Å². The number of benzene rings is 1. The van der Waals surface area contributed by atoms with Crippen molar-refractivity contribution in [3.63, 3.8) is 0 Å². The molecule has 1 amide bonds. The van der Waals surface area contributed by atoms with Crippen LogP contribution in [0.25, 0.3) is 0 Å². The molecule has 1 aliphatic rings. The molecule has 1 aromatic rings. The normalized spacial score (nSPS) is 18.9. The highest BCUT2D eigenvalue weighted by atomic mass is 35.5. The first-order valence-electron chi connectivity index (χ1n) is 6.03. The third-order valence-electron chi connectivity index (χ3n) is 3.04. The van der Waals surface area contributed by atoms with Crippen molar-refractivity contribution in [2.45, 2.75) is 18.9 Å². The molecule has 0 spiro atoms. The van der Waals surface area contributed by atoms with Crippen LogP contribution in [0.2, 0.25) is 5.02 Å². The van der Waals surface area contributed by atoms with E-state index < -0.39 is 4.92 Å². The number of carbonyl (C=O) groups excluding carboxylic acids is 1. The quantitative estimate of drug-likeness (QED) is 0.653. The average Bonchev–Trinajstić information content (AvgIpc) is 2.40. The molecule has 2 rings (SSSR count). The summed E-state index contributed by atoms with van der Waals surface area (Å²) in [5.41, 5.74) is -0.00207. The minimum Gasteiger partial charge on any atom is -0.348 e. The van der Waals surface area contributed by atoms with Crippen molar-refractivity contribution >= 4 is 23.2 Å². The first kappa shape index (κ1) is 13.8. The molecule has 1 heterocycles. The van der Waals surface area contributed by atoms with Crippen LogP contribution in [0.15, 0.2) is 18.2 Å². The van der Waals surface area contributed by atoms with Gasteiger partial charge in [0, 0.05) is 24.7 Å².